The van der Waals surface area contributed by atoms with E-state index in [-0.39, 0.29) is 0 Å². The van der Waals surface area contributed by atoms with Gasteiger partial charge < -0.3 is 5.32 Å². The summed E-state index contributed by atoms with van der Waals surface area (Å²) < 4.78 is 0. The maximum absolute atomic E-state index is 3.58. The van der Waals surface area contributed by atoms with Crippen LogP contribution in [0.1, 0.15) is 59.8 Å². The first kappa shape index (κ1) is 14.0. The van der Waals surface area contributed by atoms with Crippen LogP contribution in [0.2, 0.25) is 0 Å². The van der Waals surface area contributed by atoms with Crippen molar-refractivity contribution in [3.8, 4) is 0 Å². The Hall–Kier alpha value is -0.0800. The Labute approximate surface area is 102 Å². The molecule has 3 unspecified atom stereocenters. The zero-order valence-corrected chi connectivity index (χ0v) is 11.6. The minimum atomic E-state index is 0.672. The molecule has 0 amide bonds. The van der Waals surface area contributed by atoms with Crippen molar-refractivity contribution in [3.05, 3.63) is 0 Å². The van der Waals surface area contributed by atoms with Gasteiger partial charge in [0.15, 0.2) is 0 Å². The lowest BCUT2D eigenvalue weighted by Crippen LogP contribution is -2.38. The van der Waals surface area contributed by atoms with Gasteiger partial charge in [-0.15, -0.1) is 0 Å². The third-order valence-corrected chi connectivity index (χ3v) is 3.99. The molecule has 1 saturated heterocycles. The Bertz CT molecular complexity index is 182. The van der Waals surface area contributed by atoms with E-state index >= 15 is 0 Å². The first-order valence-corrected chi connectivity index (χ1v) is 7.18. The Morgan fingerprint density at radius 1 is 1.31 bits per heavy atom. The van der Waals surface area contributed by atoms with Gasteiger partial charge in [-0.05, 0) is 52.5 Å². The molecule has 1 rings (SSSR count). The molecule has 1 aliphatic rings. The molecule has 0 spiro atoms. The zero-order chi connectivity index (χ0) is 12.0. The van der Waals surface area contributed by atoms with Crippen LogP contribution in [0, 0.1) is 0 Å². The van der Waals surface area contributed by atoms with Crippen molar-refractivity contribution in [1.82, 2.24) is 10.2 Å². The van der Waals surface area contributed by atoms with E-state index in [4.69, 9.17) is 0 Å². The second-order valence-electron chi connectivity index (χ2n) is 5.37. The Morgan fingerprint density at radius 3 is 2.69 bits per heavy atom. The molecule has 3 atom stereocenters. The molecule has 0 aliphatic carbocycles. The molecule has 1 fully saturated rings. The first-order valence-electron chi connectivity index (χ1n) is 7.18. The molecule has 16 heavy (non-hydrogen) atoms. The summed E-state index contributed by atoms with van der Waals surface area (Å²) in [7, 11) is 0. The SMILES string of the molecule is CCCNC(C)CCN1C(C)CCC1CC. The normalized spacial score (nSPS) is 28.5. The van der Waals surface area contributed by atoms with E-state index in [0.29, 0.717) is 6.04 Å². The van der Waals surface area contributed by atoms with Crippen LogP contribution < -0.4 is 5.32 Å². The van der Waals surface area contributed by atoms with Crippen LogP contribution in [-0.4, -0.2) is 36.1 Å². The summed E-state index contributed by atoms with van der Waals surface area (Å²) in [5.74, 6) is 0. The average molecular weight is 226 g/mol. The lowest BCUT2D eigenvalue weighted by molar-refractivity contribution is 0.189. The quantitative estimate of drug-likeness (QED) is 0.718. The van der Waals surface area contributed by atoms with Gasteiger partial charge in [-0.3, -0.25) is 4.90 Å². The van der Waals surface area contributed by atoms with E-state index in [1.165, 1.54) is 38.6 Å². The highest BCUT2D eigenvalue weighted by atomic mass is 15.2. The fourth-order valence-electron chi connectivity index (χ4n) is 2.80. The van der Waals surface area contributed by atoms with E-state index in [0.717, 1.165) is 18.6 Å². The standard InChI is InChI=1S/C14H30N2/c1-5-10-15-12(3)9-11-16-13(4)7-8-14(16)6-2/h12-15H,5-11H2,1-4H3. The molecule has 1 N–H and O–H groups in total. The maximum atomic E-state index is 3.58. The molecule has 2 nitrogen and oxygen atoms in total. The van der Waals surface area contributed by atoms with Gasteiger partial charge in [0.2, 0.25) is 0 Å². The van der Waals surface area contributed by atoms with Crippen molar-refractivity contribution in [2.24, 2.45) is 0 Å². The molecule has 2 heteroatoms. The van der Waals surface area contributed by atoms with Crippen molar-refractivity contribution < 1.29 is 0 Å². The number of nitrogens with one attached hydrogen (secondary N) is 1. The van der Waals surface area contributed by atoms with Gasteiger partial charge in [-0.2, -0.15) is 0 Å². The minimum absolute atomic E-state index is 0.672. The second-order valence-corrected chi connectivity index (χ2v) is 5.37. The van der Waals surface area contributed by atoms with Gasteiger partial charge in [0.1, 0.15) is 0 Å². The number of nitrogens with zero attached hydrogens (tertiary/aromatic N) is 1. The Balaban J connectivity index is 2.24. The van der Waals surface area contributed by atoms with E-state index in [2.05, 4.69) is 37.9 Å². The lowest BCUT2D eigenvalue weighted by atomic mass is 10.1. The summed E-state index contributed by atoms with van der Waals surface area (Å²) in [4.78, 5) is 2.73. The maximum Gasteiger partial charge on any atom is 0.00960 e. The van der Waals surface area contributed by atoms with E-state index in [9.17, 15) is 0 Å². The number of hydrogen-bond donors (Lipinski definition) is 1. The van der Waals surface area contributed by atoms with Crippen LogP contribution >= 0.6 is 0 Å². The highest BCUT2D eigenvalue weighted by molar-refractivity contribution is 4.84. The third-order valence-electron chi connectivity index (χ3n) is 3.99. The van der Waals surface area contributed by atoms with Crippen molar-refractivity contribution in [3.63, 3.8) is 0 Å². The lowest BCUT2D eigenvalue weighted by Gasteiger charge is -2.29. The van der Waals surface area contributed by atoms with Crippen molar-refractivity contribution >= 4 is 0 Å². The van der Waals surface area contributed by atoms with Gasteiger partial charge >= 0.3 is 0 Å². The van der Waals surface area contributed by atoms with E-state index in [1.807, 2.05) is 0 Å². The monoisotopic (exact) mass is 226 g/mol. The summed E-state index contributed by atoms with van der Waals surface area (Å²) >= 11 is 0. The summed E-state index contributed by atoms with van der Waals surface area (Å²) in [6, 6.07) is 2.34. The van der Waals surface area contributed by atoms with Gasteiger partial charge in [0, 0.05) is 24.7 Å². The van der Waals surface area contributed by atoms with Crippen LogP contribution in [-0.2, 0) is 0 Å². The van der Waals surface area contributed by atoms with Gasteiger partial charge in [-0.1, -0.05) is 13.8 Å². The van der Waals surface area contributed by atoms with Gasteiger partial charge in [0.05, 0.1) is 0 Å². The predicted molar refractivity (Wildman–Crippen MR) is 71.9 cm³/mol. The highest BCUT2D eigenvalue weighted by Gasteiger charge is 2.28. The van der Waals surface area contributed by atoms with Crippen molar-refractivity contribution in [2.75, 3.05) is 13.1 Å². The molecule has 0 aromatic heterocycles. The summed E-state index contributed by atoms with van der Waals surface area (Å²) in [6.07, 6.45) is 6.66. The minimum Gasteiger partial charge on any atom is -0.314 e. The largest absolute Gasteiger partial charge is 0.314 e. The van der Waals surface area contributed by atoms with Crippen molar-refractivity contribution in [1.29, 1.82) is 0 Å². The molecular weight excluding hydrogens is 196 g/mol. The second kappa shape index (κ2) is 7.29. The molecule has 0 radical (unpaired) electrons. The molecule has 96 valence electrons. The zero-order valence-electron chi connectivity index (χ0n) is 11.6. The predicted octanol–water partition coefficient (Wildman–Crippen LogP) is 3.03. The van der Waals surface area contributed by atoms with Crippen LogP contribution in [0.15, 0.2) is 0 Å². The number of likely N-dealkylation sites (tertiary alicyclic amines) is 1. The summed E-state index contributed by atoms with van der Waals surface area (Å²) in [5.41, 5.74) is 0. The summed E-state index contributed by atoms with van der Waals surface area (Å²) in [5, 5.41) is 3.58. The molecule has 0 bridgehead atoms. The number of hydrogen-bond acceptors (Lipinski definition) is 2. The van der Waals surface area contributed by atoms with Gasteiger partial charge in [-0.25, -0.2) is 0 Å². The Kier molecular flexibility index (Phi) is 6.37. The van der Waals surface area contributed by atoms with Gasteiger partial charge in [0.25, 0.3) is 0 Å². The fourth-order valence-corrected chi connectivity index (χ4v) is 2.80. The average Bonchev–Trinajstić information content (AvgIpc) is 2.64. The Morgan fingerprint density at radius 2 is 2.06 bits per heavy atom. The van der Waals surface area contributed by atoms with Crippen LogP contribution in [0.3, 0.4) is 0 Å². The molecule has 0 saturated carbocycles. The topological polar surface area (TPSA) is 15.3 Å². The molecule has 0 aromatic rings. The highest BCUT2D eigenvalue weighted by Crippen LogP contribution is 2.25. The molecule has 1 heterocycles. The summed E-state index contributed by atoms with van der Waals surface area (Å²) in [6.45, 7) is 11.7. The molecule has 0 aromatic carbocycles. The molecular formula is C14H30N2. The molecule has 1 aliphatic heterocycles. The fraction of sp³-hybridized carbons (Fsp3) is 1.00. The van der Waals surface area contributed by atoms with E-state index < -0.39 is 0 Å². The van der Waals surface area contributed by atoms with Crippen LogP contribution in [0.25, 0.3) is 0 Å². The first-order chi connectivity index (χ1) is 7.69. The van der Waals surface area contributed by atoms with Crippen LogP contribution in [0.5, 0.6) is 0 Å². The van der Waals surface area contributed by atoms with E-state index in [1.54, 1.807) is 0 Å². The van der Waals surface area contributed by atoms with Crippen LogP contribution in [0.4, 0.5) is 0 Å². The third kappa shape index (κ3) is 4.06. The number of rotatable bonds is 7. The van der Waals surface area contributed by atoms with Crippen molar-refractivity contribution in [2.45, 2.75) is 77.9 Å². The smallest absolute Gasteiger partial charge is 0.00960 e.